The Morgan fingerprint density at radius 1 is 0.925 bits per heavy atom. The van der Waals surface area contributed by atoms with Crippen LogP contribution in [-0.4, -0.2) is 34.6 Å². The summed E-state index contributed by atoms with van der Waals surface area (Å²) < 4.78 is 38.4. The molecule has 0 fully saturated rings. The number of nitrogens with zero attached hydrogens (tertiary/aromatic N) is 2. The van der Waals surface area contributed by atoms with Crippen molar-refractivity contribution >= 4 is 27.6 Å². The van der Waals surface area contributed by atoms with Crippen LogP contribution in [0.1, 0.15) is 17.0 Å². The Labute approximate surface area is 232 Å². The van der Waals surface area contributed by atoms with Crippen LogP contribution in [0, 0.1) is 11.3 Å². The summed E-state index contributed by atoms with van der Waals surface area (Å²) in [7, 11) is -1.58. The molecule has 0 radical (unpaired) electrons. The maximum Gasteiger partial charge on any atom is 0.355 e. The second kappa shape index (κ2) is 11.9. The first-order chi connectivity index (χ1) is 19.2. The molecular weight excluding hydrogens is 532 g/mol. The Kier molecular flexibility index (Phi) is 8.33. The predicted molar refractivity (Wildman–Crippen MR) is 146 cm³/mol. The fourth-order valence-corrected chi connectivity index (χ4v) is 5.43. The summed E-state index contributed by atoms with van der Waals surface area (Å²) in [5.74, 6) is -2.89. The Bertz CT molecular complexity index is 1630. The molecule has 204 valence electrons. The summed E-state index contributed by atoms with van der Waals surface area (Å²) in [5.41, 5.74) is 7.62. The van der Waals surface area contributed by atoms with Gasteiger partial charge < -0.3 is 15.2 Å². The molecular formula is C29H26N4O6S. The topological polar surface area (TPSA) is 152 Å². The summed E-state index contributed by atoms with van der Waals surface area (Å²) >= 11 is 0. The van der Waals surface area contributed by atoms with Crippen molar-refractivity contribution in [1.29, 1.82) is 5.26 Å². The third-order valence-electron chi connectivity index (χ3n) is 6.32. The van der Waals surface area contributed by atoms with E-state index in [1.54, 1.807) is 42.5 Å². The van der Waals surface area contributed by atoms with Gasteiger partial charge in [0.15, 0.2) is 0 Å². The zero-order valence-corrected chi connectivity index (χ0v) is 22.5. The van der Waals surface area contributed by atoms with Gasteiger partial charge in [-0.3, -0.25) is 4.90 Å². The van der Waals surface area contributed by atoms with Crippen LogP contribution in [0.4, 0.5) is 5.69 Å². The minimum absolute atomic E-state index is 0.000443. The molecule has 0 aliphatic carbocycles. The van der Waals surface area contributed by atoms with Crippen LogP contribution >= 0.6 is 0 Å². The number of carbonyl (C=O) groups is 2. The number of benzene rings is 3. The number of nitrogens with two attached hydrogens (primary N) is 1. The molecule has 0 saturated carbocycles. The van der Waals surface area contributed by atoms with Crippen molar-refractivity contribution in [3.8, 4) is 6.07 Å². The van der Waals surface area contributed by atoms with E-state index in [-0.39, 0.29) is 39.8 Å². The fraction of sp³-hybridized carbons (Fsp3) is 0.138. The van der Waals surface area contributed by atoms with E-state index in [0.29, 0.717) is 5.56 Å². The number of carbonyl (C=O) groups excluding carboxylic acids is 2. The Morgan fingerprint density at radius 3 is 2.05 bits per heavy atom. The van der Waals surface area contributed by atoms with E-state index in [9.17, 15) is 23.3 Å². The standard InChI is InChI=1S/C29H26N4O6S/c1-38-28(34)25-24(20-11-7-4-8-12-20)23(17-30)27(31)33(26(25)29(35)39-2)21-13-15-22(16-14-21)40(36,37)32-18-19-9-5-3-6-10-19/h3-16,24,32H,18,31H2,1-2H3. The third kappa shape index (κ3) is 5.44. The van der Waals surface area contributed by atoms with E-state index in [1.165, 1.54) is 29.2 Å². The van der Waals surface area contributed by atoms with Gasteiger partial charge in [-0.05, 0) is 35.4 Å². The smallest absolute Gasteiger partial charge is 0.355 e. The van der Waals surface area contributed by atoms with Gasteiger partial charge in [0, 0.05) is 12.2 Å². The molecule has 0 bridgehead atoms. The predicted octanol–water partition coefficient (Wildman–Crippen LogP) is 3.06. The average molecular weight is 559 g/mol. The van der Waals surface area contributed by atoms with Gasteiger partial charge in [-0.2, -0.15) is 5.26 Å². The molecule has 3 N–H and O–H groups in total. The van der Waals surface area contributed by atoms with Crippen LogP contribution in [-0.2, 0) is 35.6 Å². The van der Waals surface area contributed by atoms with Gasteiger partial charge in [0.05, 0.1) is 42.2 Å². The van der Waals surface area contributed by atoms with Crippen LogP contribution < -0.4 is 15.4 Å². The first-order valence-electron chi connectivity index (χ1n) is 12.0. The van der Waals surface area contributed by atoms with Crippen molar-refractivity contribution in [1.82, 2.24) is 4.72 Å². The molecule has 0 saturated heterocycles. The van der Waals surface area contributed by atoms with Crippen LogP contribution in [0.25, 0.3) is 0 Å². The lowest BCUT2D eigenvalue weighted by Crippen LogP contribution is -2.40. The SMILES string of the molecule is COC(=O)C1=C(C(=O)OC)N(c2ccc(S(=O)(=O)NCc3ccccc3)cc2)C(N)=C(C#N)C1c1ccccc1. The maximum atomic E-state index is 13.1. The number of rotatable bonds is 8. The molecule has 3 aromatic rings. The molecule has 1 atom stereocenters. The number of methoxy groups -OCH3 is 2. The summed E-state index contributed by atoms with van der Waals surface area (Å²) in [4.78, 5) is 27.4. The number of sulfonamides is 1. The highest BCUT2D eigenvalue weighted by molar-refractivity contribution is 7.89. The lowest BCUT2D eigenvalue weighted by Gasteiger charge is -2.35. The highest BCUT2D eigenvalue weighted by atomic mass is 32.2. The van der Waals surface area contributed by atoms with Crippen molar-refractivity contribution < 1.29 is 27.5 Å². The Hall–Kier alpha value is -4.92. The highest BCUT2D eigenvalue weighted by Gasteiger charge is 2.43. The number of nitriles is 1. The number of esters is 2. The summed E-state index contributed by atoms with van der Waals surface area (Å²) in [6, 6.07) is 25.2. The van der Waals surface area contributed by atoms with Crippen molar-refractivity contribution in [2.75, 3.05) is 19.1 Å². The average Bonchev–Trinajstić information content (AvgIpc) is 2.99. The molecule has 4 rings (SSSR count). The molecule has 0 amide bonds. The van der Waals surface area contributed by atoms with E-state index in [1.807, 2.05) is 18.2 Å². The minimum Gasteiger partial charge on any atom is -0.466 e. The second-order valence-electron chi connectivity index (χ2n) is 8.64. The molecule has 3 aromatic carbocycles. The lowest BCUT2D eigenvalue weighted by molar-refractivity contribution is -0.139. The van der Waals surface area contributed by atoms with Crippen molar-refractivity contribution in [2.24, 2.45) is 5.73 Å². The Balaban J connectivity index is 1.81. The second-order valence-corrected chi connectivity index (χ2v) is 10.4. The zero-order valence-electron chi connectivity index (χ0n) is 21.7. The minimum atomic E-state index is -3.88. The van der Waals surface area contributed by atoms with Crippen LogP contribution in [0.3, 0.4) is 0 Å². The van der Waals surface area contributed by atoms with Crippen molar-refractivity contribution in [3.05, 3.63) is 119 Å². The van der Waals surface area contributed by atoms with E-state index in [0.717, 1.165) is 19.8 Å². The molecule has 0 aromatic heterocycles. The van der Waals surface area contributed by atoms with Gasteiger partial charge in [0.1, 0.15) is 11.5 Å². The third-order valence-corrected chi connectivity index (χ3v) is 7.74. The number of hydrogen-bond acceptors (Lipinski definition) is 9. The number of ether oxygens (including phenoxy) is 2. The van der Waals surface area contributed by atoms with Crippen LogP contribution in [0.5, 0.6) is 0 Å². The van der Waals surface area contributed by atoms with Gasteiger partial charge in [0.25, 0.3) is 0 Å². The van der Waals surface area contributed by atoms with Crippen molar-refractivity contribution in [3.63, 3.8) is 0 Å². The Morgan fingerprint density at radius 2 is 1.50 bits per heavy atom. The first-order valence-corrected chi connectivity index (χ1v) is 13.5. The number of anilines is 1. The summed E-state index contributed by atoms with van der Waals surface area (Å²) in [6.45, 7) is 0.0941. The largest absolute Gasteiger partial charge is 0.466 e. The molecule has 10 nitrogen and oxygen atoms in total. The van der Waals surface area contributed by atoms with Gasteiger partial charge in [0.2, 0.25) is 10.0 Å². The quantitative estimate of drug-likeness (QED) is 0.397. The number of hydrogen-bond donors (Lipinski definition) is 2. The molecule has 1 aliphatic heterocycles. The highest BCUT2D eigenvalue weighted by Crippen LogP contribution is 2.43. The number of nitrogens with one attached hydrogen (secondary N) is 1. The zero-order chi connectivity index (χ0) is 28.9. The monoisotopic (exact) mass is 558 g/mol. The van der Waals surface area contributed by atoms with E-state index in [2.05, 4.69) is 10.8 Å². The van der Waals surface area contributed by atoms with Gasteiger partial charge >= 0.3 is 11.9 Å². The summed E-state index contributed by atoms with van der Waals surface area (Å²) in [6.07, 6.45) is 0. The van der Waals surface area contributed by atoms with Gasteiger partial charge in [-0.15, -0.1) is 0 Å². The van der Waals surface area contributed by atoms with E-state index < -0.39 is 27.9 Å². The van der Waals surface area contributed by atoms with Gasteiger partial charge in [-0.25, -0.2) is 22.7 Å². The number of allylic oxidation sites excluding steroid dienone is 1. The van der Waals surface area contributed by atoms with Gasteiger partial charge in [-0.1, -0.05) is 60.7 Å². The first kappa shape index (κ1) is 28.1. The molecule has 1 unspecified atom stereocenters. The molecule has 0 spiro atoms. The summed E-state index contributed by atoms with van der Waals surface area (Å²) in [5, 5.41) is 10.1. The van der Waals surface area contributed by atoms with Crippen LogP contribution in [0.15, 0.2) is 112 Å². The normalized spacial score (nSPS) is 15.4. The molecule has 11 heteroatoms. The maximum absolute atomic E-state index is 13.1. The van der Waals surface area contributed by atoms with Crippen LogP contribution in [0.2, 0.25) is 0 Å². The fourth-order valence-electron chi connectivity index (χ4n) is 4.41. The molecule has 1 heterocycles. The lowest BCUT2D eigenvalue weighted by atomic mass is 9.81. The molecule has 40 heavy (non-hydrogen) atoms. The van der Waals surface area contributed by atoms with Crippen molar-refractivity contribution in [2.45, 2.75) is 17.4 Å². The van der Waals surface area contributed by atoms with E-state index in [4.69, 9.17) is 15.2 Å². The molecule has 1 aliphatic rings. The van der Waals surface area contributed by atoms with E-state index >= 15 is 0 Å².